The van der Waals surface area contributed by atoms with Crippen molar-refractivity contribution >= 4 is 10.0 Å². The highest BCUT2D eigenvalue weighted by molar-refractivity contribution is 7.89. The van der Waals surface area contributed by atoms with Gasteiger partial charge in [0.2, 0.25) is 0 Å². The molecule has 0 saturated carbocycles. The van der Waals surface area contributed by atoms with Gasteiger partial charge in [-0.3, -0.25) is 0 Å². The number of hydrogen-bond acceptors (Lipinski definition) is 4. The van der Waals surface area contributed by atoms with E-state index in [1.807, 2.05) is 13.8 Å². The molecule has 0 aliphatic carbocycles. The summed E-state index contributed by atoms with van der Waals surface area (Å²) >= 11 is 0. The molecule has 0 aliphatic heterocycles. The fourth-order valence-corrected chi connectivity index (χ4v) is 2.09. The molecule has 0 spiro atoms. The van der Waals surface area contributed by atoms with Crippen molar-refractivity contribution < 1.29 is 13.5 Å². The van der Waals surface area contributed by atoms with Crippen LogP contribution in [0.4, 0.5) is 0 Å². The first-order chi connectivity index (χ1) is 7.43. The first-order valence-electron chi connectivity index (χ1n) is 5.09. The van der Waals surface area contributed by atoms with Crippen LogP contribution in [0.3, 0.4) is 0 Å². The van der Waals surface area contributed by atoms with Gasteiger partial charge in [0.15, 0.2) is 5.03 Å². The predicted molar refractivity (Wildman–Crippen MR) is 59.2 cm³/mol. The normalized spacial score (nSPS) is 14.2. The second kappa shape index (κ2) is 5.42. The van der Waals surface area contributed by atoms with Crippen molar-refractivity contribution in [1.29, 1.82) is 0 Å². The molecule has 1 rings (SSSR count). The molecule has 1 aromatic heterocycles. The third-order valence-electron chi connectivity index (χ3n) is 2.26. The summed E-state index contributed by atoms with van der Waals surface area (Å²) in [5.41, 5.74) is 0. The Morgan fingerprint density at radius 1 is 1.56 bits per heavy atom. The smallest absolute Gasteiger partial charge is 0.257 e. The van der Waals surface area contributed by atoms with Crippen LogP contribution in [0.5, 0.6) is 0 Å². The number of aromatic amines is 1. The zero-order chi connectivity index (χ0) is 12.2. The van der Waals surface area contributed by atoms with Gasteiger partial charge in [-0.25, -0.2) is 18.1 Å². The number of rotatable bonds is 6. The summed E-state index contributed by atoms with van der Waals surface area (Å²) in [5, 5.41) is 9.53. The molecule has 0 saturated heterocycles. The average Bonchev–Trinajstić information content (AvgIpc) is 2.70. The zero-order valence-corrected chi connectivity index (χ0v) is 10.2. The number of sulfonamides is 1. The van der Waals surface area contributed by atoms with Crippen LogP contribution in [0.25, 0.3) is 0 Å². The lowest BCUT2D eigenvalue weighted by atomic mass is 10.1. The van der Waals surface area contributed by atoms with Crippen molar-refractivity contribution in [3.8, 4) is 0 Å². The minimum absolute atomic E-state index is 0.0338. The molecule has 1 atom stereocenters. The van der Waals surface area contributed by atoms with Crippen molar-refractivity contribution in [1.82, 2.24) is 14.7 Å². The Labute approximate surface area is 95.2 Å². The lowest BCUT2D eigenvalue weighted by molar-refractivity contribution is 0.118. The van der Waals surface area contributed by atoms with Crippen molar-refractivity contribution in [2.24, 2.45) is 5.92 Å². The van der Waals surface area contributed by atoms with Crippen LogP contribution in [0, 0.1) is 5.92 Å². The van der Waals surface area contributed by atoms with Crippen LogP contribution >= 0.6 is 0 Å². The molecule has 0 fully saturated rings. The first kappa shape index (κ1) is 13.1. The Hall–Kier alpha value is -0.920. The molecule has 0 amide bonds. The van der Waals surface area contributed by atoms with Crippen LogP contribution in [0.1, 0.15) is 20.3 Å². The van der Waals surface area contributed by atoms with Gasteiger partial charge in [-0.1, -0.05) is 13.8 Å². The number of hydrogen-bond donors (Lipinski definition) is 3. The van der Waals surface area contributed by atoms with Gasteiger partial charge in [0.05, 0.1) is 18.6 Å². The van der Waals surface area contributed by atoms with Gasteiger partial charge in [0, 0.05) is 6.54 Å². The highest BCUT2D eigenvalue weighted by Gasteiger charge is 2.16. The van der Waals surface area contributed by atoms with E-state index in [0.717, 1.165) is 0 Å². The number of aromatic nitrogens is 2. The molecular weight excluding hydrogens is 230 g/mol. The summed E-state index contributed by atoms with van der Waals surface area (Å²) in [6, 6.07) is 0. The minimum Gasteiger partial charge on any atom is -0.393 e. The molecule has 3 N–H and O–H groups in total. The molecule has 1 heterocycles. The second-order valence-electron chi connectivity index (χ2n) is 3.91. The van der Waals surface area contributed by atoms with Gasteiger partial charge in [-0.2, -0.15) is 0 Å². The Balaban J connectivity index is 2.44. The van der Waals surface area contributed by atoms with E-state index in [9.17, 15) is 13.5 Å². The number of aliphatic hydroxyl groups excluding tert-OH is 1. The molecule has 0 aliphatic rings. The van der Waals surface area contributed by atoms with E-state index in [4.69, 9.17) is 0 Å². The lowest BCUT2D eigenvalue weighted by Gasteiger charge is -2.14. The van der Waals surface area contributed by atoms with E-state index >= 15 is 0 Å². The van der Waals surface area contributed by atoms with Gasteiger partial charge < -0.3 is 10.1 Å². The summed E-state index contributed by atoms with van der Waals surface area (Å²) in [6.45, 7) is 3.98. The van der Waals surface area contributed by atoms with Crippen molar-refractivity contribution in [3.05, 3.63) is 12.5 Å². The van der Waals surface area contributed by atoms with Gasteiger partial charge >= 0.3 is 0 Å². The Morgan fingerprint density at radius 3 is 2.75 bits per heavy atom. The maximum atomic E-state index is 11.6. The monoisotopic (exact) mass is 247 g/mol. The highest BCUT2D eigenvalue weighted by atomic mass is 32.2. The van der Waals surface area contributed by atoms with E-state index in [1.165, 1.54) is 12.5 Å². The Morgan fingerprint density at radius 2 is 2.25 bits per heavy atom. The SMILES string of the molecule is CC(C)C(O)CCNS(=O)(=O)c1cnc[nH]1. The molecular formula is C9H17N3O3S. The summed E-state index contributed by atoms with van der Waals surface area (Å²) in [5.74, 6) is 0.122. The van der Waals surface area contributed by atoms with Gasteiger partial charge in [-0.15, -0.1) is 0 Å². The number of nitrogens with one attached hydrogen (secondary N) is 2. The number of aliphatic hydroxyl groups is 1. The summed E-state index contributed by atoms with van der Waals surface area (Å²) in [4.78, 5) is 6.15. The summed E-state index contributed by atoms with van der Waals surface area (Å²) < 4.78 is 25.5. The molecule has 1 aromatic rings. The third kappa shape index (κ3) is 3.58. The fourth-order valence-electron chi connectivity index (χ4n) is 1.14. The van der Waals surface area contributed by atoms with Crippen LogP contribution in [-0.2, 0) is 10.0 Å². The van der Waals surface area contributed by atoms with E-state index in [1.54, 1.807) is 0 Å². The second-order valence-corrected chi connectivity index (χ2v) is 5.65. The third-order valence-corrected chi connectivity index (χ3v) is 3.65. The van der Waals surface area contributed by atoms with Crippen molar-refractivity contribution in [2.45, 2.75) is 31.4 Å². The minimum atomic E-state index is -3.52. The van der Waals surface area contributed by atoms with Crippen LogP contribution in [0.2, 0.25) is 0 Å². The maximum absolute atomic E-state index is 11.6. The van der Waals surface area contributed by atoms with Gasteiger partial charge in [0.1, 0.15) is 0 Å². The largest absolute Gasteiger partial charge is 0.393 e. The Kier molecular flexibility index (Phi) is 4.45. The van der Waals surface area contributed by atoms with Crippen molar-refractivity contribution in [3.63, 3.8) is 0 Å². The molecule has 1 unspecified atom stereocenters. The van der Waals surface area contributed by atoms with Crippen LogP contribution in [0.15, 0.2) is 17.6 Å². The van der Waals surface area contributed by atoms with Gasteiger partial charge in [0.25, 0.3) is 10.0 Å². The molecule has 7 heteroatoms. The topological polar surface area (TPSA) is 95.1 Å². The molecule has 0 aromatic carbocycles. The summed E-state index contributed by atoms with van der Waals surface area (Å²) in [7, 11) is -3.52. The van der Waals surface area contributed by atoms with E-state index in [-0.39, 0.29) is 17.5 Å². The molecule has 16 heavy (non-hydrogen) atoms. The quantitative estimate of drug-likeness (QED) is 0.664. The average molecular weight is 247 g/mol. The van der Waals surface area contributed by atoms with E-state index in [2.05, 4.69) is 14.7 Å². The van der Waals surface area contributed by atoms with E-state index in [0.29, 0.717) is 6.42 Å². The van der Waals surface area contributed by atoms with E-state index < -0.39 is 16.1 Å². The summed E-state index contributed by atoms with van der Waals surface area (Å²) in [6.07, 6.45) is 2.44. The number of H-pyrrole nitrogens is 1. The van der Waals surface area contributed by atoms with Crippen LogP contribution in [-0.4, -0.2) is 36.1 Å². The van der Waals surface area contributed by atoms with Crippen LogP contribution < -0.4 is 4.72 Å². The van der Waals surface area contributed by atoms with Crippen molar-refractivity contribution in [2.75, 3.05) is 6.54 Å². The maximum Gasteiger partial charge on any atom is 0.257 e. The lowest BCUT2D eigenvalue weighted by Crippen LogP contribution is -2.29. The molecule has 0 radical (unpaired) electrons. The highest BCUT2D eigenvalue weighted by Crippen LogP contribution is 2.06. The number of nitrogens with zero attached hydrogens (tertiary/aromatic N) is 1. The molecule has 0 bridgehead atoms. The predicted octanol–water partition coefficient (Wildman–Crippen LogP) is 0.0950. The number of imidazole rings is 1. The first-order valence-corrected chi connectivity index (χ1v) is 6.58. The zero-order valence-electron chi connectivity index (χ0n) is 9.34. The molecule has 6 nitrogen and oxygen atoms in total. The Bertz CT molecular complexity index is 400. The molecule has 92 valence electrons. The fraction of sp³-hybridized carbons (Fsp3) is 0.667. The van der Waals surface area contributed by atoms with Gasteiger partial charge in [-0.05, 0) is 12.3 Å². The standard InChI is InChI=1S/C9H17N3O3S/c1-7(2)8(13)3-4-12-16(14,15)9-5-10-6-11-9/h5-8,12-13H,3-4H2,1-2H3,(H,10,11).